The lowest BCUT2D eigenvalue weighted by molar-refractivity contribution is -0.385. The Bertz CT molecular complexity index is 692. The minimum absolute atomic E-state index is 0.0279. The summed E-state index contributed by atoms with van der Waals surface area (Å²) in [4.78, 5) is 10.3. The lowest BCUT2D eigenvalue weighted by Crippen LogP contribution is -2.07. The molecule has 110 valence electrons. The van der Waals surface area contributed by atoms with Crippen LogP contribution in [0, 0.1) is 15.9 Å². The molecule has 0 heterocycles. The van der Waals surface area contributed by atoms with Crippen molar-refractivity contribution in [1.29, 1.82) is 0 Å². The van der Waals surface area contributed by atoms with Crippen LogP contribution in [0.1, 0.15) is 18.5 Å². The van der Waals surface area contributed by atoms with E-state index in [4.69, 9.17) is 10.5 Å². The third kappa shape index (κ3) is 3.56. The predicted octanol–water partition coefficient (Wildman–Crippen LogP) is 4.31. The van der Waals surface area contributed by atoms with Gasteiger partial charge in [0.05, 0.1) is 11.0 Å². The number of para-hydroxylation sites is 1. The van der Waals surface area contributed by atoms with Gasteiger partial charge in [0.15, 0.2) is 11.6 Å². The quantitative estimate of drug-likeness (QED) is 0.655. The molecule has 21 heavy (non-hydrogen) atoms. The number of nitrogens with zero attached hydrogens (tertiary/aromatic N) is 1. The van der Waals surface area contributed by atoms with Crippen molar-refractivity contribution in [3.05, 3.63) is 62.4 Å². The van der Waals surface area contributed by atoms with E-state index in [1.54, 1.807) is 13.0 Å². The van der Waals surface area contributed by atoms with Crippen molar-refractivity contribution in [3.8, 4) is 11.5 Å². The molecule has 0 radical (unpaired) electrons. The maximum absolute atomic E-state index is 13.9. The van der Waals surface area contributed by atoms with E-state index in [9.17, 15) is 14.5 Å². The van der Waals surface area contributed by atoms with E-state index in [0.29, 0.717) is 10.0 Å². The molecule has 2 aromatic rings. The van der Waals surface area contributed by atoms with E-state index in [1.807, 2.05) is 0 Å². The molecule has 0 bridgehead atoms. The Balaban J connectivity index is 2.45. The number of benzene rings is 2. The molecule has 0 fully saturated rings. The van der Waals surface area contributed by atoms with Crippen molar-refractivity contribution < 1.29 is 14.1 Å². The summed E-state index contributed by atoms with van der Waals surface area (Å²) in [6.45, 7) is 1.70. The van der Waals surface area contributed by atoms with Gasteiger partial charge in [-0.05, 0) is 19.1 Å². The largest absolute Gasteiger partial charge is 0.454 e. The molecule has 5 nitrogen and oxygen atoms in total. The minimum Gasteiger partial charge on any atom is -0.454 e. The van der Waals surface area contributed by atoms with Crippen molar-refractivity contribution >= 4 is 21.6 Å². The van der Waals surface area contributed by atoms with E-state index in [1.165, 1.54) is 30.3 Å². The first-order valence-corrected chi connectivity index (χ1v) is 6.84. The SMILES string of the molecule is C[C@@H](N)c1cccc(F)c1Oc1cc(Br)cc([N+](=O)[O-])c1. The molecule has 0 spiro atoms. The Morgan fingerprint density at radius 2 is 2.10 bits per heavy atom. The van der Waals surface area contributed by atoms with Crippen LogP contribution in [-0.2, 0) is 0 Å². The highest BCUT2D eigenvalue weighted by atomic mass is 79.9. The van der Waals surface area contributed by atoms with Gasteiger partial charge in [-0.25, -0.2) is 4.39 Å². The highest BCUT2D eigenvalue weighted by molar-refractivity contribution is 9.10. The van der Waals surface area contributed by atoms with E-state index in [0.717, 1.165) is 0 Å². The van der Waals surface area contributed by atoms with Gasteiger partial charge in [-0.3, -0.25) is 10.1 Å². The van der Waals surface area contributed by atoms with Crippen LogP contribution >= 0.6 is 15.9 Å². The van der Waals surface area contributed by atoms with Crippen LogP contribution in [0.5, 0.6) is 11.5 Å². The van der Waals surface area contributed by atoms with Crippen LogP contribution in [0.25, 0.3) is 0 Å². The van der Waals surface area contributed by atoms with Gasteiger partial charge >= 0.3 is 0 Å². The fourth-order valence-corrected chi connectivity index (χ4v) is 2.28. The Morgan fingerprint density at radius 1 is 1.38 bits per heavy atom. The number of non-ortho nitro benzene ring substituents is 1. The summed E-state index contributed by atoms with van der Waals surface area (Å²) < 4.78 is 19.9. The lowest BCUT2D eigenvalue weighted by Gasteiger charge is -2.14. The number of halogens is 2. The number of rotatable bonds is 4. The zero-order valence-corrected chi connectivity index (χ0v) is 12.6. The molecule has 0 aromatic heterocycles. The first-order chi connectivity index (χ1) is 9.88. The summed E-state index contributed by atoms with van der Waals surface area (Å²) in [5.41, 5.74) is 6.11. The van der Waals surface area contributed by atoms with Crippen LogP contribution < -0.4 is 10.5 Å². The summed E-state index contributed by atoms with van der Waals surface area (Å²) in [5, 5.41) is 10.8. The second-order valence-corrected chi connectivity index (χ2v) is 5.37. The molecule has 1 atom stereocenters. The maximum atomic E-state index is 13.9. The molecule has 0 amide bonds. The summed E-state index contributed by atoms with van der Waals surface area (Å²) >= 11 is 3.16. The summed E-state index contributed by atoms with van der Waals surface area (Å²) in [5.74, 6) is -0.449. The van der Waals surface area contributed by atoms with Gasteiger partial charge in [-0.1, -0.05) is 28.1 Å². The Morgan fingerprint density at radius 3 is 2.71 bits per heavy atom. The molecule has 2 rings (SSSR count). The van der Waals surface area contributed by atoms with Crippen molar-refractivity contribution in [1.82, 2.24) is 0 Å². The predicted molar refractivity (Wildman–Crippen MR) is 79.9 cm³/mol. The highest BCUT2D eigenvalue weighted by Gasteiger charge is 2.16. The third-order valence-electron chi connectivity index (χ3n) is 2.77. The average molecular weight is 355 g/mol. The summed E-state index contributed by atoms with van der Waals surface area (Å²) in [6, 6.07) is 8.07. The first kappa shape index (κ1) is 15.4. The second-order valence-electron chi connectivity index (χ2n) is 4.45. The van der Waals surface area contributed by atoms with Gasteiger partial charge in [0, 0.05) is 22.1 Å². The Hall–Kier alpha value is -1.99. The minimum atomic E-state index is -0.576. The first-order valence-electron chi connectivity index (χ1n) is 6.05. The molecule has 2 N–H and O–H groups in total. The normalized spacial score (nSPS) is 12.0. The zero-order chi connectivity index (χ0) is 15.6. The topological polar surface area (TPSA) is 78.4 Å². The molecule has 0 saturated carbocycles. The lowest BCUT2D eigenvalue weighted by atomic mass is 10.1. The van der Waals surface area contributed by atoms with Crippen molar-refractivity contribution in [2.75, 3.05) is 0 Å². The van der Waals surface area contributed by atoms with Gasteiger partial charge in [0.2, 0.25) is 0 Å². The average Bonchev–Trinajstić information content (AvgIpc) is 2.40. The number of nitrogens with two attached hydrogens (primary N) is 1. The number of nitro groups is 1. The van der Waals surface area contributed by atoms with E-state index >= 15 is 0 Å². The number of hydrogen-bond acceptors (Lipinski definition) is 4. The molecule has 2 aromatic carbocycles. The number of ether oxygens (including phenoxy) is 1. The monoisotopic (exact) mass is 354 g/mol. The molecule has 0 aliphatic heterocycles. The van der Waals surface area contributed by atoms with Crippen LogP contribution in [-0.4, -0.2) is 4.92 Å². The van der Waals surface area contributed by atoms with Crippen LogP contribution in [0.2, 0.25) is 0 Å². The Labute approximate surface area is 128 Å². The fourth-order valence-electron chi connectivity index (χ4n) is 1.82. The summed E-state index contributed by atoms with van der Waals surface area (Å²) in [6.07, 6.45) is 0. The van der Waals surface area contributed by atoms with Crippen molar-refractivity contribution in [2.45, 2.75) is 13.0 Å². The van der Waals surface area contributed by atoms with Gasteiger partial charge < -0.3 is 10.5 Å². The highest BCUT2D eigenvalue weighted by Crippen LogP contribution is 2.34. The molecule has 7 heteroatoms. The Kier molecular flexibility index (Phi) is 4.54. The van der Waals surface area contributed by atoms with E-state index in [2.05, 4.69) is 15.9 Å². The van der Waals surface area contributed by atoms with Gasteiger partial charge in [0.1, 0.15) is 5.75 Å². The van der Waals surface area contributed by atoms with Crippen molar-refractivity contribution in [3.63, 3.8) is 0 Å². The van der Waals surface area contributed by atoms with Gasteiger partial charge in [0.25, 0.3) is 5.69 Å². The van der Waals surface area contributed by atoms with Gasteiger partial charge in [-0.15, -0.1) is 0 Å². The molecular weight excluding hydrogens is 343 g/mol. The van der Waals surface area contributed by atoms with Crippen LogP contribution in [0.15, 0.2) is 40.9 Å². The van der Waals surface area contributed by atoms with Crippen molar-refractivity contribution in [2.24, 2.45) is 5.73 Å². The fraction of sp³-hybridized carbons (Fsp3) is 0.143. The smallest absolute Gasteiger partial charge is 0.274 e. The van der Waals surface area contributed by atoms with Gasteiger partial charge in [-0.2, -0.15) is 0 Å². The van der Waals surface area contributed by atoms with E-state index in [-0.39, 0.29) is 17.2 Å². The summed E-state index contributed by atoms with van der Waals surface area (Å²) in [7, 11) is 0. The number of nitro benzene ring substituents is 1. The molecular formula is C14H12BrFN2O3. The molecule has 0 unspecified atom stereocenters. The zero-order valence-electron chi connectivity index (χ0n) is 11.0. The molecule has 0 saturated heterocycles. The van der Waals surface area contributed by atoms with E-state index < -0.39 is 16.8 Å². The maximum Gasteiger partial charge on any atom is 0.274 e. The van der Waals surface area contributed by atoms with Crippen LogP contribution in [0.3, 0.4) is 0 Å². The number of hydrogen-bond donors (Lipinski definition) is 1. The standard InChI is InChI=1S/C14H12BrFN2O3/c1-8(17)12-3-2-4-13(16)14(12)21-11-6-9(15)5-10(7-11)18(19)20/h2-8H,17H2,1H3/t8-/m1/s1. The third-order valence-corrected chi connectivity index (χ3v) is 3.23. The molecule has 0 aliphatic carbocycles. The second kappa shape index (κ2) is 6.19. The van der Waals surface area contributed by atoms with Crippen LogP contribution in [0.4, 0.5) is 10.1 Å². The molecule has 0 aliphatic rings.